The van der Waals surface area contributed by atoms with Crippen LogP contribution in [-0.4, -0.2) is 21.0 Å². The van der Waals surface area contributed by atoms with E-state index in [0.717, 1.165) is 12.8 Å². The Balaban J connectivity index is 2.33. The molecule has 19 heavy (non-hydrogen) atoms. The molecule has 1 saturated carbocycles. The molecular formula is C11H11F2NO4S. The maximum absolute atomic E-state index is 13.8. The molecule has 0 bridgehead atoms. The number of sulfonamides is 1. The van der Waals surface area contributed by atoms with Crippen LogP contribution in [0.15, 0.2) is 17.0 Å². The molecule has 0 aliphatic heterocycles. The lowest BCUT2D eigenvalue weighted by Gasteiger charge is -2.07. The van der Waals surface area contributed by atoms with Gasteiger partial charge in [0.15, 0.2) is 5.82 Å². The molecule has 1 aromatic rings. The summed E-state index contributed by atoms with van der Waals surface area (Å²) < 4.78 is 54.0. The zero-order valence-electron chi connectivity index (χ0n) is 9.73. The Hall–Kier alpha value is -1.54. The van der Waals surface area contributed by atoms with Crippen molar-refractivity contribution < 1.29 is 26.7 Å². The first kappa shape index (κ1) is 13.9. The minimum Gasteiger partial charge on any atom is -0.462 e. The monoisotopic (exact) mass is 291 g/mol. The maximum Gasteiger partial charge on any atom is 0.341 e. The quantitative estimate of drug-likeness (QED) is 0.844. The zero-order chi connectivity index (χ0) is 14.2. The van der Waals surface area contributed by atoms with Gasteiger partial charge in [0.1, 0.15) is 10.7 Å². The van der Waals surface area contributed by atoms with Gasteiger partial charge in [0.2, 0.25) is 10.0 Å². The number of halogens is 2. The third kappa shape index (κ3) is 3.27. The van der Waals surface area contributed by atoms with Crippen LogP contribution in [0.1, 0.15) is 23.2 Å². The number of rotatable bonds is 4. The number of hydrogen-bond acceptors (Lipinski definition) is 4. The molecule has 1 fully saturated rings. The summed E-state index contributed by atoms with van der Waals surface area (Å²) >= 11 is 0. The van der Waals surface area contributed by atoms with Gasteiger partial charge >= 0.3 is 5.97 Å². The second kappa shape index (κ2) is 4.86. The molecule has 2 rings (SSSR count). The molecule has 0 atom stereocenters. The summed E-state index contributed by atoms with van der Waals surface area (Å²) in [6.45, 7) is 0.111. The number of nitrogens with two attached hydrogens (primary N) is 1. The number of primary sulfonamides is 1. The Morgan fingerprint density at radius 2 is 2.00 bits per heavy atom. The van der Waals surface area contributed by atoms with Crippen molar-refractivity contribution >= 4 is 16.0 Å². The highest BCUT2D eigenvalue weighted by atomic mass is 32.2. The van der Waals surface area contributed by atoms with E-state index in [1.165, 1.54) is 0 Å². The average molecular weight is 291 g/mol. The van der Waals surface area contributed by atoms with Crippen molar-refractivity contribution in [3.05, 3.63) is 29.3 Å². The van der Waals surface area contributed by atoms with Crippen molar-refractivity contribution in [1.29, 1.82) is 0 Å². The third-order valence-corrected chi connectivity index (χ3v) is 3.59. The fraction of sp³-hybridized carbons (Fsp3) is 0.364. The lowest BCUT2D eigenvalue weighted by atomic mass is 10.2. The standard InChI is InChI=1S/C11H11F2NO4S/c12-7-3-8(11(15)18-5-6-1-2-6)10(13)9(4-7)19(14,16)17/h3-4,6H,1-2,5H2,(H2,14,16,17). The van der Waals surface area contributed by atoms with Gasteiger partial charge < -0.3 is 4.74 Å². The molecule has 1 aliphatic carbocycles. The summed E-state index contributed by atoms with van der Waals surface area (Å²) in [7, 11) is -4.45. The van der Waals surface area contributed by atoms with Crippen LogP contribution in [0.25, 0.3) is 0 Å². The number of carbonyl (C=O) groups is 1. The van der Waals surface area contributed by atoms with E-state index in [1.54, 1.807) is 0 Å². The molecule has 2 N–H and O–H groups in total. The highest BCUT2D eigenvalue weighted by molar-refractivity contribution is 7.89. The number of hydrogen-bond donors (Lipinski definition) is 1. The molecular weight excluding hydrogens is 280 g/mol. The van der Waals surface area contributed by atoms with E-state index in [1.807, 2.05) is 0 Å². The minimum absolute atomic E-state index is 0.111. The normalized spacial score (nSPS) is 15.3. The topological polar surface area (TPSA) is 86.5 Å². The first-order chi connectivity index (χ1) is 8.79. The molecule has 104 valence electrons. The molecule has 8 heteroatoms. The van der Waals surface area contributed by atoms with Crippen molar-refractivity contribution in [2.45, 2.75) is 17.7 Å². The van der Waals surface area contributed by atoms with E-state index in [-0.39, 0.29) is 12.5 Å². The fourth-order valence-electron chi connectivity index (χ4n) is 1.48. The predicted molar refractivity (Wildman–Crippen MR) is 60.7 cm³/mol. The Morgan fingerprint density at radius 1 is 1.37 bits per heavy atom. The van der Waals surface area contributed by atoms with Crippen LogP contribution in [0.5, 0.6) is 0 Å². The van der Waals surface area contributed by atoms with Crippen molar-refractivity contribution in [2.75, 3.05) is 6.61 Å². The fourth-order valence-corrected chi connectivity index (χ4v) is 2.11. The summed E-state index contributed by atoms with van der Waals surface area (Å²) in [5, 5.41) is 4.74. The Bertz CT molecular complexity index is 626. The van der Waals surface area contributed by atoms with Gasteiger partial charge in [0.05, 0.1) is 12.2 Å². The summed E-state index contributed by atoms with van der Waals surface area (Å²) in [6.07, 6.45) is 1.84. The van der Waals surface area contributed by atoms with Gasteiger partial charge in [-0.1, -0.05) is 0 Å². The molecule has 0 heterocycles. The summed E-state index contributed by atoms with van der Waals surface area (Å²) in [4.78, 5) is 10.5. The van der Waals surface area contributed by atoms with Gasteiger partial charge in [0, 0.05) is 0 Å². The molecule has 0 saturated heterocycles. The van der Waals surface area contributed by atoms with Crippen LogP contribution in [0.4, 0.5) is 8.78 Å². The second-order valence-corrected chi connectivity index (χ2v) is 5.88. The van der Waals surface area contributed by atoms with E-state index < -0.39 is 38.1 Å². The van der Waals surface area contributed by atoms with Gasteiger partial charge in [-0.05, 0) is 30.9 Å². The Labute approximate surface area is 108 Å². The first-order valence-corrected chi connectivity index (χ1v) is 7.02. The van der Waals surface area contributed by atoms with Crippen LogP contribution in [-0.2, 0) is 14.8 Å². The van der Waals surface area contributed by atoms with E-state index >= 15 is 0 Å². The van der Waals surface area contributed by atoms with Crippen LogP contribution in [0, 0.1) is 17.6 Å². The summed E-state index contributed by atoms with van der Waals surface area (Å²) in [5.74, 6) is -3.33. The molecule has 1 aliphatic rings. The highest BCUT2D eigenvalue weighted by Crippen LogP contribution is 2.29. The summed E-state index contributed by atoms with van der Waals surface area (Å²) in [6, 6.07) is 1.00. The number of ether oxygens (including phenoxy) is 1. The van der Waals surface area contributed by atoms with Crippen molar-refractivity contribution in [2.24, 2.45) is 11.1 Å². The predicted octanol–water partition coefficient (Wildman–Crippen LogP) is 1.18. The number of esters is 1. The molecule has 1 aromatic carbocycles. The largest absolute Gasteiger partial charge is 0.462 e. The SMILES string of the molecule is NS(=O)(=O)c1cc(F)cc(C(=O)OCC2CC2)c1F. The smallest absolute Gasteiger partial charge is 0.341 e. The van der Waals surface area contributed by atoms with Gasteiger partial charge in [-0.3, -0.25) is 0 Å². The second-order valence-electron chi connectivity index (χ2n) is 4.35. The first-order valence-electron chi connectivity index (χ1n) is 5.48. The van der Waals surface area contributed by atoms with E-state index in [2.05, 4.69) is 0 Å². The molecule has 0 aromatic heterocycles. The van der Waals surface area contributed by atoms with E-state index in [0.29, 0.717) is 12.1 Å². The Kier molecular flexibility index (Phi) is 3.55. The van der Waals surface area contributed by atoms with Gasteiger partial charge in [-0.15, -0.1) is 0 Å². The molecule has 5 nitrogen and oxygen atoms in total. The molecule has 0 radical (unpaired) electrons. The van der Waals surface area contributed by atoms with Gasteiger partial charge in [0.25, 0.3) is 0 Å². The minimum atomic E-state index is -4.45. The maximum atomic E-state index is 13.8. The van der Waals surface area contributed by atoms with Crippen LogP contribution >= 0.6 is 0 Å². The van der Waals surface area contributed by atoms with Gasteiger partial charge in [-0.2, -0.15) is 0 Å². The zero-order valence-corrected chi connectivity index (χ0v) is 10.5. The van der Waals surface area contributed by atoms with Crippen molar-refractivity contribution in [3.63, 3.8) is 0 Å². The van der Waals surface area contributed by atoms with Crippen molar-refractivity contribution in [3.8, 4) is 0 Å². The van der Waals surface area contributed by atoms with E-state index in [4.69, 9.17) is 9.88 Å². The van der Waals surface area contributed by atoms with E-state index in [9.17, 15) is 22.0 Å². The van der Waals surface area contributed by atoms with Gasteiger partial charge in [-0.25, -0.2) is 27.1 Å². The molecule has 0 amide bonds. The van der Waals surface area contributed by atoms with Crippen molar-refractivity contribution in [1.82, 2.24) is 0 Å². The summed E-state index contributed by atoms with van der Waals surface area (Å²) in [5.41, 5.74) is -0.773. The van der Waals surface area contributed by atoms with Crippen LogP contribution in [0.3, 0.4) is 0 Å². The third-order valence-electron chi connectivity index (χ3n) is 2.68. The Morgan fingerprint density at radius 3 is 2.53 bits per heavy atom. The number of carbonyl (C=O) groups excluding carboxylic acids is 1. The lowest BCUT2D eigenvalue weighted by molar-refractivity contribution is 0.0479. The highest BCUT2D eigenvalue weighted by Gasteiger charge is 2.27. The molecule has 0 spiro atoms. The van der Waals surface area contributed by atoms with Crippen LogP contribution < -0.4 is 5.14 Å². The molecule has 0 unspecified atom stereocenters. The average Bonchev–Trinajstić information content (AvgIpc) is 3.11. The number of benzene rings is 1. The lowest BCUT2D eigenvalue weighted by Crippen LogP contribution is -2.18. The van der Waals surface area contributed by atoms with Crippen LogP contribution in [0.2, 0.25) is 0 Å².